The monoisotopic (exact) mass is 391 g/mol. The fourth-order valence-corrected chi connectivity index (χ4v) is 4.55. The highest BCUT2D eigenvalue weighted by atomic mass is 19.1. The minimum Gasteiger partial charge on any atom is -0.315 e. The number of benzene rings is 2. The number of nitrogens with one attached hydrogen (secondary N) is 1. The number of halogens is 1. The Kier molecular flexibility index (Phi) is 5.12. The number of hydrogen-bond acceptors (Lipinski definition) is 4. The lowest BCUT2D eigenvalue weighted by Crippen LogP contribution is -2.26. The Morgan fingerprint density at radius 3 is 2.76 bits per heavy atom. The van der Waals surface area contributed by atoms with Gasteiger partial charge in [-0.25, -0.2) is 4.39 Å². The fourth-order valence-electron chi connectivity index (χ4n) is 4.55. The first-order chi connectivity index (χ1) is 14.3. The van der Waals surface area contributed by atoms with E-state index in [1.54, 1.807) is 12.1 Å². The molecule has 0 aliphatic carbocycles. The van der Waals surface area contributed by atoms with Gasteiger partial charge in [-0.05, 0) is 48.2 Å². The molecule has 1 atom stereocenters. The summed E-state index contributed by atoms with van der Waals surface area (Å²) in [5, 5.41) is 12.5. The van der Waals surface area contributed by atoms with E-state index in [2.05, 4.69) is 49.2 Å². The van der Waals surface area contributed by atoms with E-state index in [1.165, 1.54) is 18.1 Å². The molecule has 0 bridgehead atoms. The molecule has 1 aromatic heterocycles. The van der Waals surface area contributed by atoms with Crippen molar-refractivity contribution in [2.75, 3.05) is 19.6 Å². The Hall–Kier alpha value is -2.57. The molecule has 2 aliphatic rings. The average molecular weight is 391 g/mol. The molecule has 5 rings (SSSR count). The summed E-state index contributed by atoms with van der Waals surface area (Å²) >= 11 is 0. The highest BCUT2D eigenvalue weighted by molar-refractivity contribution is 5.63. The zero-order valence-electron chi connectivity index (χ0n) is 16.5. The van der Waals surface area contributed by atoms with Crippen LogP contribution in [0.4, 0.5) is 4.39 Å². The number of rotatable bonds is 4. The molecule has 0 radical (unpaired) electrons. The molecule has 0 unspecified atom stereocenters. The molecule has 2 aromatic carbocycles. The van der Waals surface area contributed by atoms with Gasteiger partial charge in [0.1, 0.15) is 17.5 Å². The van der Waals surface area contributed by atoms with Crippen LogP contribution < -0.4 is 5.32 Å². The van der Waals surface area contributed by atoms with Crippen molar-refractivity contribution >= 4 is 0 Å². The number of nitrogens with zero attached hydrogens (tertiary/aromatic N) is 4. The highest BCUT2D eigenvalue weighted by Gasteiger charge is 2.31. The van der Waals surface area contributed by atoms with E-state index in [1.807, 2.05) is 6.07 Å². The van der Waals surface area contributed by atoms with Crippen LogP contribution in [0.5, 0.6) is 0 Å². The summed E-state index contributed by atoms with van der Waals surface area (Å²) in [5.74, 6) is 2.03. The van der Waals surface area contributed by atoms with Crippen LogP contribution >= 0.6 is 0 Å². The van der Waals surface area contributed by atoms with E-state index in [0.29, 0.717) is 6.04 Å². The van der Waals surface area contributed by atoms with Crippen LogP contribution in [0, 0.1) is 5.82 Å². The molecular formula is C23H26FN5. The summed E-state index contributed by atoms with van der Waals surface area (Å²) in [7, 11) is 0. The SMILES string of the molecule is Fc1cccc(-c2ccc(CN3CCC[C@H]3c3nnc4n3CCNCC4)cc2)c1. The molecule has 2 aliphatic heterocycles. The zero-order chi connectivity index (χ0) is 19.6. The second-order valence-corrected chi connectivity index (χ2v) is 7.96. The largest absolute Gasteiger partial charge is 0.315 e. The van der Waals surface area contributed by atoms with Gasteiger partial charge in [-0.2, -0.15) is 0 Å². The van der Waals surface area contributed by atoms with Gasteiger partial charge in [-0.1, -0.05) is 36.4 Å². The predicted octanol–water partition coefficient (Wildman–Crippen LogP) is 3.57. The van der Waals surface area contributed by atoms with Crippen molar-refractivity contribution in [2.45, 2.75) is 38.4 Å². The number of aromatic nitrogens is 3. The number of likely N-dealkylation sites (tertiary alicyclic amines) is 1. The summed E-state index contributed by atoms with van der Waals surface area (Å²) in [6.07, 6.45) is 3.26. The Bertz CT molecular complexity index is 981. The molecule has 0 saturated carbocycles. The number of hydrogen-bond donors (Lipinski definition) is 1. The van der Waals surface area contributed by atoms with Crippen LogP contribution in [0.25, 0.3) is 11.1 Å². The van der Waals surface area contributed by atoms with Crippen molar-refractivity contribution in [2.24, 2.45) is 0 Å². The summed E-state index contributed by atoms with van der Waals surface area (Å²) in [4.78, 5) is 2.52. The molecule has 1 saturated heterocycles. The van der Waals surface area contributed by atoms with Gasteiger partial charge in [0, 0.05) is 32.6 Å². The van der Waals surface area contributed by atoms with Gasteiger partial charge in [0.2, 0.25) is 0 Å². The summed E-state index contributed by atoms with van der Waals surface area (Å²) in [6.45, 7) is 4.88. The fraction of sp³-hybridized carbons (Fsp3) is 0.391. The minimum absolute atomic E-state index is 0.200. The third-order valence-corrected chi connectivity index (χ3v) is 6.05. The first kappa shape index (κ1) is 18.5. The van der Waals surface area contributed by atoms with Crippen molar-refractivity contribution in [3.8, 4) is 11.1 Å². The van der Waals surface area contributed by atoms with E-state index in [9.17, 15) is 4.39 Å². The van der Waals surface area contributed by atoms with Crippen LogP contribution in [0.3, 0.4) is 0 Å². The first-order valence-corrected chi connectivity index (χ1v) is 10.5. The van der Waals surface area contributed by atoms with E-state index in [0.717, 1.165) is 68.3 Å². The summed E-state index contributed by atoms with van der Waals surface area (Å²) in [6, 6.07) is 15.6. The third-order valence-electron chi connectivity index (χ3n) is 6.05. The van der Waals surface area contributed by atoms with Crippen LogP contribution in [0.2, 0.25) is 0 Å². The van der Waals surface area contributed by atoms with E-state index in [-0.39, 0.29) is 5.82 Å². The number of fused-ring (bicyclic) bond motifs is 1. The summed E-state index contributed by atoms with van der Waals surface area (Å²) in [5.41, 5.74) is 3.23. The quantitative estimate of drug-likeness (QED) is 0.739. The van der Waals surface area contributed by atoms with E-state index >= 15 is 0 Å². The van der Waals surface area contributed by atoms with Gasteiger partial charge in [-0.15, -0.1) is 10.2 Å². The lowest BCUT2D eigenvalue weighted by molar-refractivity contribution is 0.234. The van der Waals surface area contributed by atoms with E-state index < -0.39 is 0 Å². The van der Waals surface area contributed by atoms with E-state index in [4.69, 9.17) is 0 Å². The maximum atomic E-state index is 13.5. The average Bonchev–Trinajstić information content (AvgIpc) is 3.28. The first-order valence-electron chi connectivity index (χ1n) is 10.5. The van der Waals surface area contributed by atoms with Crippen LogP contribution in [0.15, 0.2) is 48.5 Å². The standard InChI is InChI=1S/C23H26FN5/c24-20-4-1-3-19(15-20)18-8-6-17(7-9-18)16-28-13-2-5-21(28)23-27-26-22-10-11-25-12-14-29(22)23/h1,3-4,6-9,15,21,25H,2,5,10-14,16H2/t21-/m0/s1. The Morgan fingerprint density at radius 2 is 1.90 bits per heavy atom. The Balaban J connectivity index is 1.33. The molecule has 1 fully saturated rings. The maximum Gasteiger partial charge on any atom is 0.150 e. The lowest BCUT2D eigenvalue weighted by Gasteiger charge is -2.24. The molecule has 1 N–H and O–H groups in total. The molecule has 3 heterocycles. The Labute approximate surface area is 170 Å². The highest BCUT2D eigenvalue weighted by Crippen LogP contribution is 2.33. The predicted molar refractivity (Wildman–Crippen MR) is 111 cm³/mol. The molecule has 0 amide bonds. The molecule has 6 heteroatoms. The molecule has 0 spiro atoms. The van der Waals surface area contributed by atoms with Crippen LogP contribution in [-0.4, -0.2) is 39.3 Å². The normalized spacial score (nSPS) is 19.8. The zero-order valence-corrected chi connectivity index (χ0v) is 16.5. The van der Waals surface area contributed by atoms with Gasteiger partial charge in [0.25, 0.3) is 0 Å². The molecule has 150 valence electrons. The minimum atomic E-state index is -0.200. The third kappa shape index (κ3) is 3.82. The van der Waals surface area contributed by atoms with Gasteiger partial charge >= 0.3 is 0 Å². The lowest BCUT2D eigenvalue weighted by atomic mass is 10.0. The molecule has 3 aromatic rings. The van der Waals surface area contributed by atoms with Gasteiger partial charge < -0.3 is 9.88 Å². The van der Waals surface area contributed by atoms with Gasteiger partial charge in [-0.3, -0.25) is 4.90 Å². The topological polar surface area (TPSA) is 46.0 Å². The van der Waals surface area contributed by atoms with Crippen molar-refractivity contribution in [1.29, 1.82) is 0 Å². The van der Waals surface area contributed by atoms with Crippen molar-refractivity contribution < 1.29 is 4.39 Å². The summed E-state index contributed by atoms with van der Waals surface area (Å²) < 4.78 is 15.8. The van der Waals surface area contributed by atoms with Crippen molar-refractivity contribution in [3.05, 3.63) is 71.6 Å². The van der Waals surface area contributed by atoms with Crippen molar-refractivity contribution in [1.82, 2.24) is 25.0 Å². The van der Waals surface area contributed by atoms with Crippen LogP contribution in [-0.2, 0) is 19.5 Å². The maximum absolute atomic E-state index is 13.5. The Morgan fingerprint density at radius 1 is 1.00 bits per heavy atom. The van der Waals surface area contributed by atoms with Gasteiger partial charge in [0.15, 0.2) is 0 Å². The molecule has 5 nitrogen and oxygen atoms in total. The van der Waals surface area contributed by atoms with Crippen molar-refractivity contribution in [3.63, 3.8) is 0 Å². The second kappa shape index (κ2) is 8.05. The second-order valence-electron chi connectivity index (χ2n) is 7.96. The smallest absolute Gasteiger partial charge is 0.150 e. The molecular weight excluding hydrogens is 365 g/mol. The van der Waals surface area contributed by atoms with Crippen LogP contribution in [0.1, 0.15) is 36.1 Å². The van der Waals surface area contributed by atoms with Gasteiger partial charge in [0.05, 0.1) is 6.04 Å². The molecule has 29 heavy (non-hydrogen) atoms.